The fraction of sp³-hybridized carbons (Fsp3) is 0.214. The molecule has 0 aliphatic rings. The second-order valence-corrected chi connectivity index (χ2v) is 4.97. The van der Waals surface area contributed by atoms with Crippen LogP contribution in [0.1, 0.15) is 27.8 Å². The van der Waals surface area contributed by atoms with Gasteiger partial charge in [0.1, 0.15) is 17.2 Å². The van der Waals surface area contributed by atoms with Gasteiger partial charge in [-0.15, -0.1) is 11.3 Å². The van der Waals surface area contributed by atoms with Crippen LogP contribution in [0.15, 0.2) is 23.6 Å². The van der Waals surface area contributed by atoms with Gasteiger partial charge in [0.15, 0.2) is 10.9 Å². The summed E-state index contributed by atoms with van der Waals surface area (Å²) in [5.74, 6) is 0.486. The van der Waals surface area contributed by atoms with Crippen molar-refractivity contribution in [1.29, 1.82) is 0 Å². The molecule has 0 aliphatic heterocycles. The van der Waals surface area contributed by atoms with E-state index in [4.69, 9.17) is 9.47 Å². The third-order valence-electron chi connectivity index (χ3n) is 2.74. The van der Waals surface area contributed by atoms with Crippen LogP contribution in [0.3, 0.4) is 0 Å². The molecular formula is C14H14N2O4S. The third kappa shape index (κ3) is 3.38. The number of carbonyl (C=O) groups is 2. The number of nitrogens with one attached hydrogen (secondary N) is 1. The quantitative estimate of drug-likeness (QED) is 0.859. The summed E-state index contributed by atoms with van der Waals surface area (Å²) in [6.45, 7) is 1.42. The summed E-state index contributed by atoms with van der Waals surface area (Å²) in [5, 5.41) is 4.61. The summed E-state index contributed by atoms with van der Waals surface area (Å²) >= 11 is 1.19. The lowest BCUT2D eigenvalue weighted by Crippen LogP contribution is -2.13. The fourth-order valence-corrected chi connectivity index (χ4v) is 2.39. The van der Waals surface area contributed by atoms with Crippen LogP contribution in [0.4, 0.5) is 5.13 Å². The number of nitrogens with zero attached hydrogens (tertiary/aromatic N) is 1. The molecule has 1 N–H and O–H groups in total. The van der Waals surface area contributed by atoms with Gasteiger partial charge in [-0.1, -0.05) is 0 Å². The Morgan fingerprint density at radius 1 is 1.24 bits per heavy atom. The van der Waals surface area contributed by atoms with E-state index in [0.717, 1.165) is 0 Å². The molecule has 2 rings (SSSR count). The number of amides is 1. The van der Waals surface area contributed by atoms with Crippen LogP contribution in [0.2, 0.25) is 0 Å². The van der Waals surface area contributed by atoms with E-state index in [-0.39, 0.29) is 11.7 Å². The number of benzene rings is 1. The first-order valence-corrected chi connectivity index (χ1v) is 6.93. The molecule has 0 spiro atoms. The van der Waals surface area contributed by atoms with E-state index in [2.05, 4.69) is 10.3 Å². The van der Waals surface area contributed by atoms with E-state index in [1.165, 1.54) is 32.5 Å². The number of ketones is 1. The number of methoxy groups -OCH3 is 2. The number of rotatable bonds is 5. The number of anilines is 1. The SMILES string of the molecule is COc1ccc(C(=O)Nc2nc(C(C)=O)cs2)c(OC)c1. The first-order chi connectivity index (χ1) is 10.0. The minimum Gasteiger partial charge on any atom is -0.497 e. The molecule has 1 aromatic heterocycles. The Morgan fingerprint density at radius 2 is 2.00 bits per heavy atom. The van der Waals surface area contributed by atoms with Crippen LogP contribution in [0.25, 0.3) is 0 Å². The van der Waals surface area contributed by atoms with Gasteiger partial charge >= 0.3 is 0 Å². The van der Waals surface area contributed by atoms with E-state index < -0.39 is 0 Å². The van der Waals surface area contributed by atoms with Gasteiger partial charge in [0.25, 0.3) is 5.91 Å². The number of ether oxygens (including phenoxy) is 2. The van der Waals surface area contributed by atoms with Gasteiger partial charge in [-0.2, -0.15) is 0 Å². The smallest absolute Gasteiger partial charge is 0.261 e. The number of thiazole rings is 1. The molecule has 0 fully saturated rings. The van der Waals surface area contributed by atoms with Crippen molar-refractivity contribution in [1.82, 2.24) is 4.98 Å². The molecule has 110 valence electrons. The van der Waals surface area contributed by atoms with Gasteiger partial charge in [0.2, 0.25) is 0 Å². The molecule has 0 unspecified atom stereocenters. The van der Waals surface area contributed by atoms with Gasteiger partial charge in [0, 0.05) is 18.4 Å². The first kappa shape index (κ1) is 15.0. The molecule has 1 amide bonds. The monoisotopic (exact) mass is 306 g/mol. The maximum atomic E-state index is 12.2. The average Bonchev–Trinajstić information content (AvgIpc) is 2.95. The molecule has 0 saturated carbocycles. The van der Waals surface area contributed by atoms with Crippen molar-refractivity contribution in [2.45, 2.75) is 6.92 Å². The van der Waals surface area contributed by atoms with Gasteiger partial charge < -0.3 is 9.47 Å². The number of hydrogen-bond acceptors (Lipinski definition) is 6. The summed E-state index contributed by atoms with van der Waals surface area (Å²) in [4.78, 5) is 27.4. The zero-order chi connectivity index (χ0) is 15.4. The lowest BCUT2D eigenvalue weighted by Gasteiger charge is -2.09. The maximum Gasteiger partial charge on any atom is 0.261 e. The Balaban J connectivity index is 2.21. The van der Waals surface area contributed by atoms with Crippen LogP contribution in [0.5, 0.6) is 11.5 Å². The van der Waals surface area contributed by atoms with Crippen LogP contribution in [-0.2, 0) is 0 Å². The Labute approximate surface area is 125 Å². The molecule has 7 heteroatoms. The minimum atomic E-state index is -0.362. The molecule has 21 heavy (non-hydrogen) atoms. The maximum absolute atomic E-state index is 12.2. The van der Waals surface area contributed by atoms with Crippen LogP contribution >= 0.6 is 11.3 Å². The summed E-state index contributed by atoms with van der Waals surface area (Å²) < 4.78 is 10.3. The molecule has 0 saturated heterocycles. The Bertz CT molecular complexity index is 681. The highest BCUT2D eigenvalue weighted by Gasteiger charge is 2.15. The van der Waals surface area contributed by atoms with Crippen molar-refractivity contribution in [3.63, 3.8) is 0 Å². The van der Waals surface area contributed by atoms with Crippen molar-refractivity contribution in [3.8, 4) is 11.5 Å². The van der Waals surface area contributed by atoms with Gasteiger partial charge in [-0.25, -0.2) is 4.98 Å². The molecule has 0 aliphatic carbocycles. The highest BCUT2D eigenvalue weighted by atomic mass is 32.1. The lowest BCUT2D eigenvalue weighted by atomic mass is 10.2. The molecule has 6 nitrogen and oxygen atoms in total. The molecule has 2 aromatic rings. The predicted molar refractivity (Wildman–Crippen MR) is 79.6 cm³/mol. The minimum absolute atomic E-state index is 0.145. The van der Waals surface area contributed by atoms with E-state index in [1.807, 2.05) is 0 Å². The predicted octanol–water partition coefficient (Wildman–Crippen LogP) is 2.62. The molecular weight excluding hydrogens is 292 g/mol. The van der Waals surface area contributed by atoms with Crippen molar-refractivity contribution >= 4 is 28.2 Å². The topological polar surface area (TPSA) is 77.5 Å². The molecule has 0 bridgehead atoms. The van der Waals surface area contributed by atoms with Gasteiger partial charge in [-0.3, -0.25) is 14.9 Å². The third-order valence-corrected chi connectivity index (χ3v) is 3.50. The van der Waals surface area contributed by atoms with Crippen molar-refractivity contribution < 1.29 is 19.1 Å². The Kier molecular flexibility index (Phi) is 4.54. The Morgan fingerprint density at radius 3 is 2.57 bits per heavy atom. The zero-order valence-electron chi connectivity index (χ0n) is 11.8. The number of hydrogen-bond donors (Lipinski definition) is 1. The van der Waals surface area contributed by atoms with Crippen molar-refractivity contribution in [2.24, 2.45) is 0 Å². The highest BCUT2D eigenvalue weighted by Crippen LogP contribution is 2.26. The summed E-state index contributed by atoms with van der Waals surface area (Å²) in [6.07, 6.45) is 0. The fourth-order valence-electron chi connectivity index (χ4n) is 1.64. The van der Waals surface area contributed by atoms with E-state index >= 15 is 0 Å². The average molecular weight is 306 g/mol. The van der Waals surface area contributed by atoms with E-state index in [0.29, 0.717) is 27.9 Å². The molecule has 0 atom stereocenters. The first-order valence-electron chi connectivity index (χ1n) is 6.05. The molecule has 0 radical (unpaired) electrons. The van der Waals surface area contributed by atoms with Crippen molar-refractivity contribution in [2.75, 3.05) is 19.5 Å². The second kappa shape index (κ2) is 6.36. The zero-order valence-corrected chi connectivity index (χ0v) is 12.6. The van der Waals surface area contributed by atoms with E-state index in [9.17, 15) is 9.59 Å². The molecule has 1 heterocycles. The second-order valence-electron chi connectivity index (χ2n) is 4.11. The van der Waals surface area contributed by atoms with Crippen LogP contribution < -0.4 is 14.8 Å². The highest BCUT2D eigenvalue weighted by molar-refractivity contribution is 7.14. The van der Waals surface area contributed by atoms with E-state index in [1.54, 1.807) is 23.6 Å². The van der Waals surface area contributed by atoms with Gasteiger partial charge in [0.05, 0.1) is 19.8 Å². The largest absolute Gasteiger partial charge is 0.497 e. The normalized spacial score (nSPS) is 10.0. The molecule has 1 aromatic carbocycles. The standard InChI is InChI=1S/C14H14N2O4S/c1-8(17)11-7-21-14(15-11)16-13(18)10-5-4-9(19-2)6-12(10)20-3/h4-7H,1-3H3,(H,15,16,18). The summed E-state index contributed by atoms with van der Waals surface area (Å²) in [5.41, 5.74) is 0.690. The Hall–Kier alpha value is -2.41. The van der Waals surface area contributed by atoms with Gasteiger partial charge in [-0.05, 0) is 12.1 Å². The summed E-state index contributed by atoms with van der Waals surface area (Å²) in [7, 11) is 3.01. The number of carbonyl (C=O) groups excluding carboxylic acids is 2. The lowest BCUT2D eigenvalue weighted by molar-refractivity contribution is 0.100. The van der Waals surface area contributed by atoms with Crippen molar-refractivity contribution in [3.05, 3.63) is 34.8 Å². The van der Waals surface area contributed by atoms with Crippen LogP contribution in [-0.4, -0.2) is 30.9 Å². The summed E-state index contributed by atoms with van der Waals surface area (Å²) in [6, 6.07) is 4.89. The van der Waals surface area contributed by atoms with Crippen LogP contribution in [0, 0.1) is 0 Å². The number of Topliss-reactive ketones (excluding diaryl/α,β-unsaturated/α-hetero) is 1. The number of aromatic nitrogens is 1.